The van der Waals surface area contributed by atoms with Crippen molar-refractivity contribution in [3.8, 4) is 11.5 Å². The van der Waals surface area contributed by atoms with Gasteiger partial charge in [-0.1, -0.05) is 41.9 Å². The largest absolute Gasteiger partial charge is 0.457 e. The molecule has 0 fully saturated rings. The topological polar surface area (TPSA) is 78.7 Å². The Hall–Kier alpha value is -3.38. The van der Waals surface area contributed by atoms with Crippen molar-refractivity contribution in [2.45, 2.75) is 6.61 Å². The van der Waals surface area contributed by atoms with Gasteiger partial charge in [-0.05, 0) is 42.0 Å². The van der Waals surface area contributed by atoms with Crippen LogP contribution in [0.25, 0.3) is 0 Å². The maximum atomic E-state index is 12.1. The number of rotatable bonds is 6. The number of carbonyl (C=O) groups is 1. The molecule has 0 amide bonds. The van der Waals surface area contributed by atoms with E-state index in [-0.39, 0.29) is 23.1 Å². The number of nitro groups is 1. The number of hydrogen-bond acceptors (Lipinski definition) is 5. The van der Waals surface area contributed by atoms with Crippen LogP contribution in [0.2, 0.25) is 5.02 Å². The van der Waals surface area contributed by atoms with Gasteiger partial charge in [0.25, 0.3) is 0 Å². The minimum absolute atomic E-state index is 0.0591. The van der Waals surface area contributed by atoms with Crippen molar-refractivity contribution in [3.05, 3.63) is 99.1 Å². The van der Waals surface area contributed by atoms with Crippen LogP contribution in [0.15, 0.2) is 72.8 Å². The van der Waals surface area contributed by atoms with Gasteiger partial charge in [0.2, 0.25) is 5.75 Å². The summed E-state index contributed by atoms with van der Waals surface area (Å²) < 4.78 is 10.8. The molecule has 0 heterocycles. The molecule has 3 aromatic rings. The molecular weight excluding hydrogens is 370 g/mol. The lowest BCUT2D eigenvalue weighted by atomic mass is 10.2. The minimum atomic E-state index is -0.573. The minimum Gasteiger partial charge on any atom is -0.457 e. The summed E-state index contributed by atoms with van der Waals surface area (Å²) in [6.45, 7) is 0.175. The highest BCUT2D eigenvalue weighted by molar-refractivity contribution is 6.30. The van der Waals surface area contributed by atoms with Crippen LogP contribution in [-0.2, 0) is 11.3 Å². The Morgan fingerprint density at radius 3 is 2.37 bits per heavy atom. The standard InChI is InChI=1S/C20H14ClNO5/c21-16-8-11-19(18(12-16)22(24)25)27-17-9-6-15(7-10-17)20(23)26-13-14-4-2-1-3-5-14/h1-12H,13H2. The molecule has 0 radical (unpaired) electrons. The molecule has 0 aliphatic rings. The Bertz CT molecular complexity index is 958. The van der Waals surface area contributed by atoms with Gasteiger partial charge in [0, 0.05) is 11.1 Å². The fraction of sp³-hybridized carbons (Fsp3) is 0.0500. The number of benzene rings is 3. The highest BCUT2D eigenvalue weighted by Crippen LogP contribution is 2.33. The van der Waals surface area contributed by atoms with Crippen LogP contribution in [0.1, 0.15) is 15.9 Å². The zero-order chi connectivity index (χ0) is 19.2. The summed E-state index contributed by atoms with van der Waals surface area (Å²) in [5.74, 6) is -0.0632. The molecule has 0 aromatic heterocycles. The highest BCUT2D eigenvalue weighted by atomic mass is 35.5. The summed E-state index contributed by atoms with van der Waals surface area (Å²) in [7, 11) is 0. The summed E-state index contributed by atoms with van der Waals surface area (Å²) in [4.78, 5) is 22.6. The molecule has 0 spiro atoms. The van der Waals surface area contributed by atoms with Crippen molar-refractivity contribution in [1.82, 2.24) is 0 Å². The van der Waals surface area contributed by atoms with Crippen LogP contribution in [-0.4, -0.2) is 10.9 Å². The van der Waals surface area contributed by atoms with E-state index in [0.29, 0.717) is 11.3 Å². The number of nitrogens with zero attached hydrogens (tertiary/aromatic N) is 1. The molecule has 0 unspecified atom stereocenters. The zero-order valence-corrected chi connectivity index (χ0v) is 14.8. The van der Waals surface area contributed by atoms with Crippen molar-refractivity contribution in [1.29, 1.82) is 0 Å². The summed E-state index contributed by atoms with van der Waals surface area (Å²) in [5, 5.41) is 11.3. The smallest absolute Gasteiger partial charge is 0.338 e. The number of carbonyl (C=O) groups excluding carboxylic acids is 1. The van der Waals surface area contributed by atoms with Crippen molar-refractivity contribution >= 4 is 23.3 Å². The quantitative estimate of drug-likeness (QED) is 0.323. The number of ether oxygens (including phenoxy) is 2. The third-order valence-electron chi connectivity index (χ3n) is 3.65. The third-order valence-corrected chi connectivity index (χ3v) is 3.88. The highest BCUT2D eigenvalue weighted by Gasteiger charge is 2.17. The number of halogens is 1. The monoisotopic (exact) mass is 383 g/mol. The molecule has 136 valence electrons. The molecule has 0 saturated heterocycles. The molecule has 0 N–H and O–H groups in total. The van der Waals surface area contributed by atoms with E-state index in [0.717, 1.165) is 5.56 Å². The first-order chi connectivity index (χ1) is 13.0. The second-order valence-electron chi connectivity index (χ2n) is 5.56. The van der Waals surface area contributed by atoms with Crippen molar-refractivity contribution in [3.63, 3.8) is 0 Å². The molecule has 7 heteroatoms. The Kier molecular flexibility index (Phi) is 5.68. The Balaban J connectivity index is 1.67. The van der Waals surface area contributed by atoms with Crippen molar-refractivity contribution < 1.29 is 19.2 Å². The summed E-state index contributed by atoms with van der Waals surface area (Å²) in [6, 6.07) is 19.6. The van der Waals surface area contributed by atoms with Crippen LogP contribution in [0.5, 0.6) is 11.5 Å². The van der Waals surface area contributed by atoms with Crippen LogP contribution < -0.4 is 4.74 Å². The predicted octanol–water partition coefficient (Wildman–Crippen LogP) is 5.40. The Morgan fingerprint density at radius 2 is 1.70 bits per heavy atom. The third kappa shape index (κ3) is 4.83. The first-order valence-corrected chi connectivity index (χ1v) is 8.33. The number of esters is 1. The maximum Gasteiger partial charge on any atom is 0.338 e. The van der Waals surface area contributed by atoms with Gasteiger partial charge in [0.1, 0.15) is 12.4 Å². The summed E-state index contributed by atoms with van der Waals surface area (Å²) >= 11 is 5.78. The lowest BCUT2D eigenvalue weighted by molar-refractivity contribution is -0.385. The number of hydrogen-bond donors (Lipinski definition) is 0. The van der Waals surface area contributed by atoms with Crippen LogP contribution >= 0.6 is 11.6 Å². The molecule has 3 rings (SSSR count). The fourth-order valence-electron chi connectivity index (χ4n) is 2.31. The van der Waals surface area contributed by atoms with Crippen molar-refractivity contribution in [2.75, 3.05) is 0 Å². The van der Waals surface area contributed by atoms with E-state index in [1.165, 1.54) is 42.5 Å². The van der Waals surface area contributed by atoms with E-state index in [1.807, 2.05) is 30.3 Å². The van der Waals surface area contributed by atoms with E-state index in [2.05, 4.69) is 0 Å². The van der Waals surface area contributed by atoms with Crippen LogP contribution in [0.3, 0.4) is 0 Å². The first-order valence-electron chi connectivity index (χ1n) is 7.96. The lowest BCUT2D eigenvalue weighted by Gasteiger charge is -2.08. The molecular formula is C20H14ClNO5. The van der Waals surface area contributed by atoms with E-state index in [9.17, 15) is 14.9 Å². The van der Waals surface area contributed by atoms with Gasteiger partial charge in [0.15, 0.2) is 0 Å². The molecule has 0 atom stereocenters. The summed E-state index contributed by atoms with van der Waals surface area (Å²) in [5.41, 5.74) is 0.999. The second kappa shape index (κ2) is 8.33. The normalized spacial score (nSPS) is 10.3. The maximum absolute atomic E-state index is 12.1. The van der Waals surface area contributed by atoms with Crippen LogP contribution in [0.4, 0.5) is 5.69 Å². The lowest BCUT2D eigenvalue weighted by Crippen LogP contribution is -2.05. The van der Waals surface area contributed by atoms with Gasteiger partial charge in [-0.3, -0.25) is 10.1 Å². The number of nitro benzene ring substituents is 1. The van der Waals surface area contributed by atoms with Gasteiger partial charge in [-0.2, -0.15) is 0 Å². The van der Waals surface area contributed by atoms with E-state index in [4.69, 9.17) is 21.1 Å². The van der Waals surface area contributed by atoms with Gasteiger partial charge in [-0.25, -0.2) is 4.79 Å². The van der Waals surface area contributed by atoms with E-state index >= 15 is 0 Å². The molecule has 0 bridgehead atoms. The molecule has 6 nitrogen and oxygen atoms in total. The molecule has 27 heavy (non-hydrogen) atoms. The summed E-state index contributed by atoms with van der Waals surface area (Å²) in [6.07, 6.45) is 0. The van der Waals surface area contributed by atoms with Crippen LogP contribution in [0, 0.1) is 10.1 Å². The first kappa shape index (κ1) is 18.4. The van der Waals surface area contributed by atoms with Gasteiger partial charge < -0.3 is 9.47 Å². The zero-order valence-electron chi connectivity index (χ0n) is 14.0. The van der Waals surface area contributed by atoms with Gasteiger partial charge in [-0.15, -0.1) is 0 Å². The van der Waals surface area contributed by atoms with Crippen molar-refractivity contribution in [2.24, 2.45) is 0 Å². The molecule has 3 aromatic carbocycles. The van der Waals surface area contributed by atoms with E-state index < -0.39 is 10.9 Å². The van der Waals surface area contributed by atoms with Gasteiger partial charge in [0.05, 0.1) is 10.5 Å². The molecule has 0 aliphatic carbocycles. The predicted molar refractivity (Wildman–Crippen MR) is 100 cm³/mol. The molecule has 0 saturated carbocycles. The average Bonchev–Trinajstić information content (AvgIpc) is 2.68. The second-order valence-corrected chi connectivity index (χ2v) is 5.99. The molecule has 0 aliphatic heterocycles. The van der Waals surface area contributed by atoms with Gasteiger partial charge >= 0.3 is 11.7 Å². The Labute approximate surface area is 160 Å². The SMILES string of the molecule is O=C(OCc1ccccc1)c1ccc(Oc2ccc(Cl)cc2[N+](=O)[O-])cc1. The fourth-order valence-corrected chi connectivity index (χ4v) is 2.48. The average molecular weight is 384 g/mol. The Morgan fingerprint density at radius 1 is 1.00 bits per heavy atom. The van der Waals surface area contributed by atoms with E-state index in [1.54, 1.807) is 0 Å².